The fraction of sp³-hybridized carbons (Fsp3) is 0.429. The molecule has 1 rings (SSSR count). The van der Waals surface area contributed by atoms with Gasteiger partial charge in [-0.25, -0.2) is 9.59 Å². The molecule has 1 atom stereocenters. The second kappa shape index (κ2) is 8.93. The van der Waals surface area contributed by atoms with Crippen molar-refractivity contribution in [2.45, 2.75) is 19.0 Å². The van der Waals surface area contributed by atoms with E-state index in [4.69, 9.17) is 9.84 Å². The zero-order chi connectivity index (χ0) is 15.7. The van der Waals surface area contributed by atoms with E-state index in [1.165, 1.54) is 7.11 Å². The highest BCUT2D eigenvalue weighted by atomic mass is 16.5. The molecule has 7 heteroatoms. The van der Waals surface area contributed by atoms with Crippen molar-refractivity contribution in [2.75, 3.05) is 26.1 Å². The molecule has 0 aliphatic heterocycles. The maximum Gasteiger partial charge on any atom is 0.326 e. The van der Waals surface area contributed by atoms with Gasteiger partial charge in [0.2, 0.25) is 0 Å². The SMILES string of the molecule is CNCc1cccc(NC(=O)NC(CCOC)C(=O)O)c1. The minimum Gasteiger partial charge on any atom is -0.480 e. The fourth-order valence-corrected chi connectivity index (χ4v) is 1.78. The van der Waals surface area contributed by atoms with Gasteiger partial charge in [-0.05, 0) is 24.7 Å². The van der Waals surface area contributed by atoms with Gasteiger partial charge in [0.25, 0.3) is 0 Å². The largest absolute Gasteiger partial charge is 0.480 e. The molecule has 1 aromatic carbocycles. The number of carbonyl (C=O) groups is 2. The summed E-state index contributed by atoms with van der Waals surface area (Å²) in [6.45, 7) is 0.942. The second-order valence-electron chi connectivity index (χ2n) is 4.50. The van der Waals surface area contributed by atoms with Crippen LogP contribution in [0, 0.1) is 0 Å². The van der Waals surface area contributed by atoms with E-state index in [0.717, 1.165) is 5.56 Å². The minimum atomic E-state index is -1.09. The number of anilines is 1. The van der Waals surface area contributed by atoms with E-state index >= 15 is 0 Å². The summed E-state index contributed by atoms with van der Waals surface area (Å²) in [7, 11) is 3.31. The molecule has 4 N–H and O–H groups in total. The number of nitrogens with one attached hydrogen (secondary N) is 3. The van der Waals surface area contributed by atoms with Gasteiger partial charge in [0.1, 0.15) is 6.04 Å². The molecule has 0 bridgehead atoms. The van der Waals surface area contributed by atoms with Gasteiger partial charge in [-0.2, -0.15) is 0 Å². The van der Waals surface area contributed by atoms with Gasteiger partial charge in [-0.15, -0.1) is 0 Å². The normalized spacial score (nSPS) is 11.7. The Morgan fingerprint density at radius 1 is 1.38 bits per heavy atom. The van der Waals surface area contributed by atoms with Crippen LogP contribution in [0.5, 0.6) is 0 Å². The molecule has 7 nitrogen and oxygen atoms in total. The smallest absolute Gasteiger partial charge is 0.326 e. The van der Waals surface area contributed by atoms with Crippen LogP contribution >= 0.6 is 0 Å². The summed E-state index contributed by atoms with van der Waals surface area (Å²) in [6, 6.07) is 5.77. The Bertz CT molecular complexity index is 479. The molecule has 0 heterocycles. The van der Waals surface area contributed by atoms with E-state index in [9.17, 15) is 9.59 Å². The van der Waals surface area contributed by atoms with E-state index in [1.54, 1.807) is 6.07 Å². The zero-order valence-corrected chi connectivity index (χ0v) is 12.2. The molecule has 0 aromatic heterocycles. The van der Waals surface area contributed by atoms with E-state index in [2.05, 4.69) is 16.0 Å². The molecule has 116 valence electrons. The van der Waals surface area contributed by atoms with Crippen LogP contribution in [0.3, 0.4) is 0 Å². The number of aliphatic carboxylic acids is 1. The predicted molar refractivity (Wildman–Crippen MR) is 79.3 cm³/mol. The van der Waals surface area contributed by atoms with Crippen molar-refractivity contribution in [3.8, 4) is 0 Å². The number of hydrogen-bond donors (Lipinski definition) is 4. The third-order valence-corrected chi connectivity index (χ3v) is 2.78. The lowest BCUT2D eigenvalue weighted by Gasteiger charge is -2.15. The zero-order valence-electron chi connectivity index (χ0n) is 12.2. The molecule has 0 aliphatic carbocycles. The molecule has 21 heavy (non-hydrogen) atoms. The van der Waals surface area contributed by atoms with Crippen LogP contribution in [0.25, 0.3) is 0 Å². The summed E-state index contributed by atoms with van der Waals surface area (Å²) < 4.78 is 4.82. The predicted octanol–water partition coefficient (Wildman–Crippen LogP) is 1.02. The number of carbonyl (C=O) groups excluding carboxylic acids is 1. The van der Waals surface area contributed by atoms with Crippen molar-refractivity contribution >= 4 is 17.7 Å². The second-order valence-corrected chi connectivity index (χ2v) is 4.50. The molecule has 2 amide bonds. The van der Waals surface area contributed by atoms with Crippen molar-refractivity contribution in [3.63, 3.8) is 0 Å². The third-order valence-electron chi connectivity index (χ3n) is 2.78. The van der Waals surface area contributed by atoms with E-state index < -0.39 is 18.0 Å². The van der Waals surface area contributed by atoms with Crippen LogP contribution < -0.4 is 16.0 Å². The Morgan fingerprint density at radius 3 is 2.76 bits per heavy atom. The third kappa shape index (κ3) is 6.24. The first kappa shape index (κ1) is 16.9. The lowest BCUT2D eigenvalue weighted by atomic mass is 10.2. The highest BCUT2D eigenvalue weighted by molar-refractivity contribution is 5.92. The molecule has 0 saturated heterocycles. The topological polar surface area (TPSA) is 99.7 Å². The van der Waals surface area contributed by atoms with Gasteiger partial charge < -0.3 is 25.8 Å². The average molecular weight is 295 g/mol. The van der Waals surface area contributed by atoms with Gasteiger partial charge in [0, 0.05) is 32.4 Å². The van der Waals surface area contributed by atoms with E-state index in [1.807, 2.05) is 25.2 Å². The lowest BCUT2D eigenvalue weighted by Crippen LogP contribution is -2.43. The Labute approximate surface area is 123 Å². The lowest BCUT2D eigenvalue weighted by molar-refractivity contribution is -0.139. The molecule has 0 radical (unpaired) electrons. The number of amides is 2. The number of urea groups is 1. The van der Waals surface area contributed by atoms with Crippen LogP contribution in [0.1, 0.15) is 12.0 Å². The summed E-state index contributed by atoms with van der Waals surface area (Å²) in [5, 5.41) is 17.1. The number of hydrogen-bond acceptors (Lipinski definition) is 4. The summed E-state index contributed by atoms with van der Waals surface area (Å²) in [5.74, 6) is -1.09. The van der Waals surface area contributed by atoms with E-state index in [-0.39, 0.29) is 13.0 Å². The highest BCUT2D eigenvalue weighted by Gasteiger charge is 2.19. The number of benzene rings is 1. The number of rotatable bonds is 8. The molecule has 1 unspecified atom stereocenters. The molecular weight excluding hydrogens is 274 g/mol. The quantitative estimate of drug-likeness (QED) is 0.574. The number of methoxy groups -OCH3 is 1. The molecular formula is C14H21N3O4. The highest BCUT2D eigenvalue weighted by Crippen LogP contribution is 2.10. The van der Waals surface area contributed by atoms with E-state index in [0.29, 0.717) is 12.2 Å². The van der Waals surface area contributed by atoms with Gasteiger partial charge >= 0.3 is 12.0 Å². The summed E-state index contributed by atoms with van der Waals surface area (Å²) in [5.41, 5.74) is 1.63. The Kier molecular flexibility index (Phi) is 7.20. The van der Waals surface area contributed by atoms with Crippen LogP contribution in [-0.2, 0) is 16.1 Å². The maximum atomic E-state index is 11.8. The van der Waals surface area contributed by atoms with Crippen molar-refractivity contribution in [1.29, 1.82) is 0 Å². The number of ether oxygens (including phenoxy) is 1. The van der Waals surface area contributed by atoms with Crippen molar-refractivity contribution in [3.05, 3.63) is 29.8 Å². The molecule has 1 aromatic rings. The maximum absolute atomic E-state index is 11.8. The van der Waals surface area contributed by atoms with Gasteiger partial charge in [-0.3, -0.25) is 0 Å². The number of carboxylic acid groups (broad SMARTS) is 1. The first-order chi connectivity index (χ1) is 10.1. The molecule has 0 fully saturated rings. The number of carboxylic acids is 1. The first-order valence-electron chi connectivity index (χ1n) is 6.59. The average Bonchev–Trinajstić information content (AvgIpc) is 2.44. The molecule has 0 saturated carbocycles. The van der Waals surface area contributed by atoms with Gasteiger partial charge in [0.15, 0.2) is 0 Å². The summed E-state index contributed by atoms with van der Waals surface area (Å²) >= 11 is 0. The van der Waals surface area contributed by atoms with Crippen LogP contribution in [0.4, 0.5) is 10.5 Å². The summed E-state index contributed by atoms with van der Waals surface area (Å²) in [6.07, 6.45) is 0.207. The Hall–Kier alpha value is -2.12. The summed E-state index contributed by atoms with van der Waals surface area (Å²) in [4.78, 5) is 22.8. The van der Waals surface area contributed by atoms with Crippen LogP contribution in [0.15, 0.2) is 24.3 Å². The molecule has 0 aliphatic rings. The van der Waals surface area contributed by atoms with Gasteiger partial charge in [0.05, 0.1) is 0 Å². The van der Waals surface area contributed by atoms with Crippen molar-refractivity contribution in [1.82, 2.24) is 10.6 Å². The molecule has 0 spiro atoms. The van der Waals surface area contributed by atoms with Crippen molar-refractivity contribution < 1.29 is 19.4 Å². The van der Waals surface area contributed by atoms with Crippen LogP contribution in [-0.4, -0.2) is 43.9 Å². The first-order valence-corrected chi connectivity index (χ1v) is 6.59. The van der Waals surface area contributed by atoms with Crippen LogP contribution in [0.2, 0.25) is 0 Å². The Morgan fingerprint density at radius 2 is 2.14 bits per heavy atom. The Balaban J connectivity index is 2.58. The monoisotopic (exact) mass is 295 g/mol. The standard InChI is InChI=1S/C14H21N3O4/c1-15-9-10-4-3-5-11(8-10)16-14(20)17-12(13(18)19)6-7-21-2/h3-5,8,12,15H,6-7,9H2,1-2H3,(H,18,19)(H2,16,17,20). The van der Waals surface area contributed by atoms with Gasteiger partial charge in [-0.1, -0.05) is 12.1 Å². The van der Waals surface area contributed by atoms with Crippen molar-refractivity contribution in [2.24, 2.45) is 0 Å². The minimum absolute atomic E-state index is 0.207. The fourth-order valence-electron chi connectivity index (χ4n) is 1.78.